The van der Waals surface area contributed by atoms with Crippen molar-refractivity contribution in [3.8, 4) is 0 Å². The van der Waals surface area contributed by atoms with Gasteiger partial charge in [0.05, 0.1) is 10.5 Å². The first-order valence-electron chi connectivity index (χ1n) is 6.85. The van der Waals surface area contributed by atoms with Gasteiger partial charge in [0.1, 0.15) is 11.3 Å². The number of hydrogen-bond donors (Lipinski definition) is 2. The Labute approximate surface area is 122 Å². The number of carbonyl (C=O) groups excluding carboxylic acids is 1. The molecule has 0 unspecified atom stereocenters. The molecule has 2 rings (SSSR count). The van der Waals surface area contributed by atoms with Crippen LogP contribution in [-0.2, 0) is 0 Å². The molecule has 0 saturated heterocycles. The van der Waals surface area contributed by atoms with Crippen molar-refractivity contribution in [2.45, 2.75) is 31.3 Å². The fourth-order valence-electron chi connectivity index (χ4n) is 2.85. The molecule has 0 bridgehead atoms. The lowest BCUT2D eigenvalue weighted by molar-refractivity contribution is -0.384. The molecule has 7 heteroatoms. The number of nitrogens with two attached hydrogens (primary N) is 1. The number of likely N-dealkylation sites (N-methyl/N-ethyl adjacent to an activating group) is 1. The minimum Gasteiger partial charge on any atom is -0.393 e. The van der Waals surface area contributed by atoms with E-state index in [1.54, 1.807) is 0 Å². The average molecular weight is 293 g/mol. The molecule has 0 heterocycles. The van der Waals surface area contributed by atoms with Crippen LogP contribution in [0.25, 0.3) is 0 Å². The van der Waals surface area contributed by atoms with Crippen LogP contribution in [0.4, 0.5) is 11.4 Å². The van der Waals surface area contributed by atoms with Crippen molar-refractivity contribution in [2.24, 2.45) is 0 Å². The van der Waals surface area contributed by atoms with E-state index in [-0.39, 0.29) is 23.5 Å². The number of nitro groups is 1. The van der Waals surface area contributed by atoms with Crippen LogP contribution >= 0.6 is 0 Å². The monoisotopic (exact) mass is 293 g/mol. The Morgan fingerprint density at radius 3 is 2.67 bits per heavy atom. The standard InChI is InChI=1S/C14H19N3O4/c1-16(9-14(19)7-2-3-8-14)13(18)10-5-4-6-11(15)12(10)17(20)21/h4-6,19H,2-3,7-9,15H2,1H3. The molecule has 1 saturated carbocycles. The summed E-state index contributed by atoms with van der Waals surface area (Å²) in [7, 11) is 1.53. The van der Waals surface area contributed by atoms with Gasteiger partial charge in [0.15, 0.2) is 0 Å². The molecule has 0 aromatic heterocycles. The number of carbonyl (C=O) groups is 1. The number of nitrogens with zero attached hydrogens (tertiary/aromatic N) is 2. The van der Waals surface area contributed by atoms with Crippen molar-refractivity contribution in [2.75, 3.05) is 19.3 Å². The van der Waals surface area contributed by atoms with Crippen LogP contribution in [0.3, 0.4) is 0 Å². The minimum absolute atomic E-state index is 0.0428. The molecule has 1 fully saturated rings. The predicted molar refractivity (Wildman–Crippen MR) is 77.9 cm³/mol. The highest BCUT2D eigenvalue weighted by atomic mass is 16.6. The lowest BCUT2D eigenvalue weighted by Gasteiger charge is -2.28. The van der Waals surface area contributed by atoms with Crippen LogP contribution in [0.5, 0.6) is 0 Å². The molecule has 0 aliphatic heterocycles. The van der Waals surface area contributed by atoms with Crippen LogP contribution in [0.2, 0.25) is 0 Å². The Balaban J connectivity index is 2.23. The van der Waals surface area contributed by atoms with Gasteiger partial charge < -0.3 is 15.7 Å². The van der Waals surface area contributed by atoms with Crippen LogP contribution in [0.15, 0.2) is 18.2 Å². The lowest BCUT2D eigenvalue weighted by atomic mass is 10.0. The molecule has 1 aromatic rings. The Kier molecular flexibility index (Phi) is 4.13. The molecule has 0 atom stereocenters. The first-order chi connectivity index (χ1) is 9.84. The summed E-state index contributed by atoms with van der Waals surface area (Å²) in [6, 6.07) is 4.28. The third kappa shape index (κ3) is 3.13. The first kappa shape index (κ1) is 15.2. The third-order valence-corrected chi connectivity index (χ3v) is 3.89. The van der Waals surface area contributed by atoms with Crippen molar-refractivity contribution in [1.82, 2.24) is 4.90 Å². The number of benzene rings is 1. The first-order valence-corrected chi connectivity index (χ1v) is 6.85. The fourth-order valence-corrected chi connectivity index (χ4v) is 2.85. The number of amides is 1. The molecule has 1 aliphatic rings. The second kappa shape index (κ2) is 5.69. The summed E-state index contributed by atoms with van der Waals surface area (Å²) in [5.74, 6) is -0.505. The Morgan fingerprint density at radius 2 is 2.10 bits per heavy atom. The van der Waals surface area contributed by atoms with Crippen molar-refractivity contribution in [3.05, 3.63) is 33.9 Å². The molecule has 7 nitrogen and oxygen atoms in total. The molecule has 0 spiro atoms. The van der Waals surface area contributed by atoms with Crippen LogP contribution < -0.4 is 5.73 Å². The smallest absolute Gasteiger partial charge is 0.304 e. The van der Waals surface area contributed by atoms with Crippen LogP contribution in [0, 0.1) is 10.1 Å². The topological polar surface area (TPSA) is 110 Å². The zero-order chi connectivity index (χ0) is 15.6. The molecular formula is C14H19N3O4. The van der Waals surface area contributed by atoms with E-state index in [1.807, 2.05) is 0 Å². The van der Waals surface area contributed by atoms with Crippen LogP contribution in [0.1, 0.15) is 36.0 Å². The van der Waals surface area contributed by atoms with E-state index >= 15 is 0 Å². The van der Waals surface area contributed by atoms with E-state index in [0.29, 0.717) is 12.8 Å². The highest BCUT2D eigenvalue weighted by molar-refractivity contribution is 6.00. The molecule has 1 aromatic carbocycles. The largest absolute Gasteiger partial charge is 0.393 e. The third-order valence-electron chi connectivity index (χ3n) is 3.89. The molecule has 1 amide bonds. The van der Waals surface area contributed by atoms with Gasteiger partial charge in [-0.2, -0.15) is 0 Å². The second-order valence-electron chi connectivity index (χ2n) is 5.59. The van der Waals surface area contributed by atoms with E-state index in [4.69, 9.17) is 5.73 Å². The fraction of sp³-hybridized carbons (Fsp3) is 0.500. The quantitative estimate of drug-likeness (QED) is 0.497. The zero-order valence-corrected chi connectivity index (χ0v) is 11.9. The van der Waals surface area contributed by atoms with Gasteiger partial charge in [-0.1, -0.05) is 18.9 Å². The van der Waals surface area contributed by atoms with Crippen molar-refractivity contribution >= 4 is 17.3 Å². The molecule has 0 radical (unpaired) electrons. The predicted octanol–water partition coefficient (Wildman–Crippen LogP) is 1.55. The summed E-state index contributed by atoms with van der Waals surface area (Å²) in [6.45, 7) is 0.164. The zero-order valence-electron chi connectivity index (χ0n) is 11.9. The van der Waals surface area contributed by atoms with Crippen molar-refractivity contribution in [3.63, 3.8) is 0 Å². The maximum atomic E-state index is 12.4. The number of rotatable bonds is 4. The number of nitro benzene ring substituents is 1. The molecule has 1 aliphatic carbocycles. The SMILES string of the molecule is CN(CC1(O)CCCC1)C(=O)c1cccc(N)c1[N+](=O)[O-]. The van der Waals surface area contributed by atoms with Gasteiger partial charge in [-0.05, 0) is 25.0 Å². The molecular weight excluding hydrogens is 274 g/mol. The molecule has 114 valence electrons. The highest BCUT2D eigenvalue weighted by Gasteiger charge is 2.35. The van der Waals surface area contributed by atoms with Crippen LogP contribution in [-0.4, -0.2) is 40.0 Å². The highest BCUT2D eigenvalue weighted by Crippen LogP contribution is 2.31. The number of nitrogen functional groups attached to an aromatic ring is 1. The Morgan fingerprint density at radius 1 is 1.48 bits per heavy atom. The maximum absolute atomic E-state index is 12.4. The van der Waals surface area contributed by atoms with Gasteiger partial charge in [-0.15, -0.1) is 0 Å². The van der Waals surface area contributed by atoms with Gasteiger partial charge in [0.2, 0.25) is 0 Å². The van der Waals surface area contributed by atoms with Crippen molar-refractivity contribution < 1.29 is 14.8 Å². The summed E-state index contributed by atoms with van der Waals surface area (Å²) < 4.78 is 0. The summed E-state index contributed by atoms with van der Waals surface area (Å²) in [5.41, 5.74) is 4.22. The summed E-state index contributed by atoms with van der Waals surface area (Å²) in [5, 5.41) is 21.4. The maximum Gasteiger partial charge on any atom is 0.304 e. The Bertz CT molecular complexity index is 567. The average Bonchev–Trinajstić information content (AvgIpc) is 2.83. The number of para-hydroxylation sites is 1. The second-order valence-corrected chi connectivity index (χ2v) is 5.59. The summed E-state index contributed by atoms with van der Waals surface area (Å²) >= 11 is 0. The van der Waals surface area contributed by atoms with E-state index in [1.165, 1.54) is 30.1 Å². The number of hydrogen-bond acceptors (Lipinski definition) is 5. The van der Waals surface area contributed by atoms with E-state index in [2.05, 4.69) is 0 Å². The normalized spacial score (nSPS) is 16.7. The van der Waals surface area contributed by atoms with E-state index < -0.39 is 16.4 Å². The van der Waals surface area contributed by atoms with E-state index in [9.17, 15) is 20.0 Å². The van der Waals surface area contributed by atoms with E-state index in [0.717, 1.165) is 12.8 Å². The number of anilines is 1. The van der Waals surface area contributed by atoms with Gasteiger partial charge in [-0.3, -0.25) is 14.9 Å². The lowest BCUT2D eigenvalue weighted by Crippen LogP contribution is -2.42. The van der Waals surface area contributed by atoms with Crippen molar-refractivity contribution in [1.29, 1.82) is 0 Å². The summed E-state index contributed by atoms with van der Waals surface area (Å²) in [4.78, 5) is 24.2. The Hall–Kier alpha value is -2.15. The molecule has 3 N–H and O–H groups in total. The minimum atomic E-state index is -0.889. The van der Waals surface area contributed by atoms with Gasteiger partial charge in [0.25, 0.3) is 5.91 Å². The van der Waals surface area contributed by atoms with Gasteiger partial charge in [0, 0.05) is 13.6 Å². The van der Waals surface area contributed by atoms with Gasteiger partial charge >= 0.3 is 5.69 Å². The molecule has 21 heavy (non-hydrogen) atoms. The number of aliphatic hydroxyl groups is 1. The van der Waals surface area contributed by atoms with Gasteiger partial charge in [-0.25, -0.2) is 0 Å². The summed E-state index contributed by atoms with van der Waals surface area (Å²) in [6.07, 6.45) is 3.14.